The van der Waals surface area contributed by atoms with Gasteiger partial charge in [0.05, 0.1) is 39.7 Å². The Hall–Kier alpha value is -5.58. The number of rotatable bonds is 10. The van der Waals surface area contributed by atoms with E-state index in [0.29, 0.717) is 51.4 Å². The molecule has 0 saturated heterocycles. The zero-order valence-electron chi connectivity index (χ0n) is 24.2. The van der Waals surface area contributed by atoms with Crippen molar-refractivity contribution in [2.24, 2.45) is 0 Å². The Morgan fingerprint density at radius 1 is 0.814 bits per heavy atom. The summed E-state index contributed by atoms with van der Waals surface area (Å²) in [5.41, 5.74) is 2.24. The van der Waals surface area contributed by atoms with Crippen LogP contribution in [0.2, 0.25) is 0 Å². The van der Waals surface area contributed by atoms with Gasteiger partial charge < -0.3 is 28.1 Å². The minimum Gasteiger partial charge on any atom is -0.497 e. The Bertz CT molecular complexity index is 1770. The van der Waals surface area contributed by atoms with Gasteiger partial charge in [0.1, 0.15) is 46.6 Å². The smallest absolute Gasteiger partial charge is 0.357 e. The standard InChI is InChI=1S/C32H29N3O8/c1-19-24(33-30(43-19)23-17-21(38-2)15-16-25(23)39-3)18-42-26-14-10-9-13-22(26)28-27(31(36)40-4)29(32(37)41-5)35(34-28)20-11-7-6-8-12-20/h6-17H,18H2,1-5H3. The minimum absolute atomic E-state index is 0.0371. The molecule has 5 aromatic rings. The van der Waals surface area contributed by atoms with Crippen LogP contribution in [0.4, 0.5) is 0 Å². The molecule has 220 valence electrons. The second kappa shape index (κ2) is 12.5. The van der Waals surface area contributed by atoms with Gasteiger partial charge in [-0.15, -0.1) is 0 Å². The van der Waals surface area contributed by atoms with Gasteiger partial charge in [-0.2, -0.15) is 5.10 Å². The molecule has 0 fully saturated rings. The molecule has 0 saturated carbocycles. The van der Waals surface area contributed by atoms with Gasteiger partial charge in [-0.3, -0.25) is 0 Å². The lowest BCUT2D eigenvalue weighted by Gasteiger charge is -2.10. The van der Waals surface area contributed by atoms with E-state index in [1.165, 1.54) is 18.9 Å². The monoisotopic (exact) mass is 583 g/mol. The summed E-state index contributed by atoms with van der Waals surface area (Å²) in [4.78, 5) is 30.7. The summed E-state index contributed by atoms with van der Waals surface area (Å²) in [5, 5.41) is 4.68. The topological polar surface area (TPSA) is 124 Å². The highest BCUT2D eigenvalue weighted by Crippen LogP contribution is 2.37. The van der Waals surface area contributed by atoms with Crippen LogP contribution in [0.3, 0.4) is 0 Å². The molecule has 3 aromatic carbocycles. The van der Waals surface area contributed by atoms with Crippen LogP contribution in [0, 0.1) is 6.92 Å². The summed E-state index contributed by atoms with van der Waals surface area (Å²) in [6.07, 6.45) is 0. The van der Waals surface area contributed by atoms with Gasteiger partial charge in [-0.05, 0) is 49.4 Å². The average Bonchev–Trinajstić information content (AvgIpc) is 3.64. The number of methoxy groups -OCH3 is 4. The van der Waals surface area contributed by atoms with Crippen LogP contribution in [0.15, 0.2) is 77.2 Å². The molecule has 11 heteroatoms. The summed E-state index contributed by atoms with van der Waals surface area (Å²) < 4.78 is 34.5. The first-order valence-corrected chi connectivity index (χ1v) is 13.2. The fraction of sp³-hybridized carbons (Fsp3) is 0.188. The first-order valence-electron chi connectivity index (χ1n) is 13.2. The summed E-state index contributed by atoms with van der Waals surface area (Å²) in [6.45, 7) is 1.82. The van der Waals surface area contributed by atoms with E-state index in [4.69, 9.17) is 28.1 Å². The molecular weight excluding hydrogens is 554 g/mol. The van der Waals surface area contributed by atoms with E-state index in [2.05, 4.69) is 10.1 Å². The first-order chi connectivity index (χ1) is 20.9. The maximum absolute atomic E-state index is 13.1. The normalized spacial score (nSPS) is 10.7. The quantitative estimate of drug-likeness (QED) is 0.190. The number of hydrogen-bond donors (Lipinski definition) is 0. The van der Waals surface area contributed by atoms with Crippen molar-refractivity contribution >= 4 is 11.9 Å². The molecule has 0 bridgehead atoms. The van der Waals surface area contributed by atoms with E-state index in [1.54, 1.807) is 87.9 Å². The zero-order chi connectivity index (χ0) is 30.5. The number of carbonyl (C=O) groups is 2. The second-order valence-corrected chi connectivity index (χ2v) is 9.18. The summed E-state index contributed by atoms with van der Waals surface area (Å²) in [5.74, 6) is 0.986. The number of benzene rings is 3. The van der Waals surface area contributed by atoms with E-state index in [-0.39, 0.29) is 23.6 Å². The van der Waals surface area contributed by atoms with Crippen molar-refractivity contribution in [2.75, 3.05) is 28.4 Å². The number of oxazole rings is 1. The molecule has 0 aliphatic heterocycles. The van der Waals surface area contributed by atoms with Crippen LogP contribution < -0.4 is 14.2 Å². The highest BCUT2D eigenvalue weighted by atomic mass is 16.5. The molecule has 2 heterocycles. The predicted molar refractivity (Wildman–Crippen MR) is 156 cm³/mol. The number of ether oxygens (including phenoxy) is 5. The average molecular weight is 584 g/mol. The Morgan fingerprint density at radius 2 is 1.53 bits per heavy atom. The van der Waals surface area contributed by atoms with Gasteiger partial charge >= 0.3 is 11.9 Å². The second-order valence-electron chi connectivity index (χ2n) is 9.18. The van der Waals surface area contributed by atoms with Crippen LogP contribution in [0.25, 0.3) is 28.4 Å². The third-order valence-corrected chi connectivity index (χ3v) is 6.69. The molecule has 0 amide bonds. The van der Waals surface area contributed by atoms with Gasteiger partial charge in [-0.25, -0.2) is 19.3 Å². The highest BCUT2D eigenvalue weighted by molar-refractivity contribution is 6.07. The molecule has 0 atom stereocenters. The Labute approximate surface area is 247 Å². The number of aromatic nitrogens is 3. The van der Waals surface area contributed by atoms with Gasteiger partial charge in [0, 0.05) is 5.56 Å². The Balaban J connectivity index is 1.55. The van der Waals surface area contributed by atoms with E-state index in [1.807, 2.05) is 6.07 Å². The highest BCUT2D eigenvalue weighted by Gasteiger charge is 2.32. The Kier molecular flexibility index (Phi) is 8.42. The van der Waals surface area contributed by atoms with Crippen molar-refractivity contribution in [1.29, 1.82) is 0 Å². The first kappa shape index (κ1) is 28.9. The van der Waals surface area contributed by atoms with Crippen LogP contribution in [-0.2, 0) is 16.1 Å². The number of esters is 2. The molecule has 43 heavy (non-hydrogen) atoms. The van der Waals surface area contributed by atoms with E-state index in [9.17, 15) is 9.59 Å². The SMILES string of the molecule is COC(=O)c1c(-c2ccccc2OCc2nc(-c3cc(OC)ccc3OC)oc2C)nn(-c2ccccc2)c1C(=O)OC. The lowest BCUT2D eigenvalue weighted by atomic mass is 10.0. The van der Waals surface area contributed by atoms with Crippen LogP contribution in [0.1, 0.15) is 32.3 Å². The molecule has 0 N–H and O–H groups in total. The largest absolute Gasteiger partial charge is 0.497 e. The third-order valence-electron chi connectivity index (χ3n) is 6.69. The molecule has 2 aromatic heterocycles. The number of aryl methyl sites for hydroxylation is 1. The molecule has 0 aliphatic rings. The van der Waals surface area contributed by atoms with Gasteiger partial charge in [0.25, 0.3) is 0 Å². The van der Waals surface area contributed by atoms with Crippen molar-refractivity contribution < 1.29 is 37.7 Å². The van der Waals surface area contributed by atoms with Crippen molar-refractivity contribution in [2.45, 2.75) is 13.5 Å². The van der Waals surface area contributed by atoms with Crippen molar-refractivity contribution in [1.82, 2.24) is 14.8 Å². The van der Waals surface area contributed by atoms with Gasteiger partial charge in [0.2, 0.25) is 5.89 Å². The molecule has 0 aliphatic carbocycles. The number of nitrogens with zero attached hydrogens (tertiary/aromatic N) is 3. The van der Waals surface area contributed by atoms with Crippen LogP contribution >= 0.6 is 0 Å². The zero-order valence-corrected chi connectivity index (χ0v) is 24.2. The molecule has 5 rings (SSSR count). The summed E-state index contributed by atoms with van der Waals surface area (Å²) in [6, 6.07) is 21.3. The van der Waals surface area contributed by atoms with Crippen molar-refractivity contribution in [3.05, 3.63) is 95.5 Å². The molecule has 11 nitrogen and oxygen atoms in total. The fourth-order valence-electron chi connectivity index (χ4n) is 4.54. The fourth-order valence-corrected chi connectivity index (χ4v) is 4.54. The van der Waals surface area contributed by atoms with E-state index < -0.39 is 11.9 Å². The molecule has 0 radical (unpaired) electrons. The van der Waals surface area contributed by atoms with E-state index >= 15 is 0 Å². The lowest BCUT2D eigenvalue weighted by molar-refractivity contribution is 0.0549. The maximum atomic E-state index is 13.1. The predicted octanol–water partition coefficient (Wildman–Crippen LogP) is 5.67. The van der Waals surface area contributed by atoms with Gasteiger partial charge in [-0.1, -0.05) is 30.3 Å². The number of para-hydroxylation sites is 2. The van der Waals surface area contributed by atoms with Crippen LogP contribution in [-0.4, -0.2) is 55.1 Å². The van der Waals surface area contributed by atoms with E-state index in [0.717, 1.165) is 0 Å². The van der Waals surface area contributed by atoms with Crippen molar-refractivity contribution in [3.8, 4) is 45.6 Å². The molecule has 0 spiro atoms. The summed E-state index contributed by atoms with van der Waals surface area (Å²) in [7, 11) is 5.61. The number of carbonyl (C=O) groups excluding carboxylic acids is 2. The summed E-state index contributed by atoms with van der Waals surface area (Å²) >= 11 is 0. The molecular formula is C32H29N3O8. The van der Waals surface area contributed by atoms with Crippen LogP contribution in [0.5, 0.6) is 17.2 Å². The number of hydrogen-bond acceptors (Lipinski definition) is 10. The third kappa shape index (κ3) is 5.65. The Morgan fingerprint density at radius 3 is 2.23 bits per heavy atom. The van der Waals surface area contributed by atoms with Gasteiger partial charge in [0.15, 0.2) is 5.69 Å². The molecule has 0 unspecified atom stereocenters. The maximum Gasteiger partial charge on any atom is 0.357 e. The minimum atomic E-state index is -0.753. The van der Waals surface area contributed by atoms with Crippen molar-refractivity contribution in [3.63, 3.8) is 0 Å². The lowest BCUT2D eigenvalue weighted by Crippen LogP contribution is -2.15.